The number of anilines is 1. The molecule has 2 rings (SSSR count). The van der Waals surface area contributed by atoms with Crippen molar-refractivity contribution >= 4 is 28.6 Å². The minimum Gasteiger partial charge on any atom is -0.378 e. The molecule has 20 heavy (non-hydrogen) atoms. The highest BCUT2D eigenvalue weighted by atomic mass is 32.2. The Kier molecular flexibility index (Phi) is 4.89. The molecule has 6 heteroatoms. The molecule has 1 aromatic carbocycles. The summed E-state index contributed by atoms with van der Waals surface area (Å²) in [7, 11) is 3.98. The van der Waals surface area contributed by atoms with E-state index >= 15 is 0 Å². The number of hydrogen-bond donors (Lipinski definition) is 1. The SMILES string of the molecule is CN(C)c1ccc(CNC(=O)CN2CCSC2=O)cc1. The van der Waals surface area contributed by atoms with Gasteiger partial charge in [0.25, 0.3) is 5.24 Å². The van der Waals surface area contributed by atoms with Crippen molar-refractivity contribution in [1.29, 1.82) is 0 Å². The van der Waals surface area contributed by atoms with Gasteiger partial charge < -0.3 is 15.1 Å². The third kappa shape index (κ3) is 3.90. The molecule has 0 aliphatic carbocycles. The van der Waals surface area contributed by atoms with Crippen LogP contribution in [0.15, 0.2) is 24.3 Å². The number of nitrogens with one attached hydrogen (secondary N) is 1. The quantitative estimate of drug-likeness (QED) is 0.894. The van der Waals surface area contributed by atoms with Gasteiger partial charge in [0.05, 0.1) is 0 Å². The van der Waals surface area contributed by atoms with Crippen molar-refractivity contribution in [1.82, 2.24) is 10.2 Å². The first-order valence-corrected chi connectivity index (χ1v) is 7.49. The molecule has 1 aromatic rings. The fraction of sp³-hybridized carbons (Fsp3) is 0.429. The van der Waals surface area contributed by atoms with E-state index in [1.807, 2.05) is 43.3 Å². The Balaban J connectivity index is 1.79. The summed E-state index contributed by atoms with van der Waals surface area (Å²) in [6, 6.07) is 8.02. The first-order valence-electron chi connectivity index (χ1n) is 6.51. The smallest absolute Gasteiger partial charge is 0.282 e. The van der Waals surface area contributed by atoms with Crippen LogP contribution in [0.25, 0.3) is 0 Å². The standard InChI is InChI=1S/C14H19N3O2S/c1-16(2)12-5-3-11(4-6-12)9-15-13(18)10-17-7-8-20-14(17)19/h3-6H,7-10H2,1-2H3,(H,15,18). The summed E-state index contributed by atoms with van der Waals surface area (Å²) in [5.74, 6) is 0.663. The zero-order valence-corrected chi connectivity index (χ0v) is 12.6. The third-order valence-corrected chi connectivity index (χ3v) is 4.01. The highest BCUT2D eigenvalue weighted by Gasteiger charge is 2.22. The van der Waals surface area contributed by atoms with Crippen molar-refractivity contribution in [2.24, 2.45) is 0 Å². The van der Waals surface area contributed by atoms with Gasteiger partial charge >= 0.3 is 0 Å². The number of amides is 2. The Morgan fingerprint density at radius 3 is 2.60 bits per heavy atom. The maximum Gasteiger partial charge on any atom is 0.282 e. The van der Waals surface area contributed by atoms with Gasteiger partial charge in [0, 0.05) is 38.6 Å². The van der Waals surface area contributed by atoms with E-state index in [4.69, 9.17) is 0 Å². The van der Waals surface area contributed by atoms with E-state index in [0.29, 0.717) is 13.1 Å². The number of hydrogen-bond acceptors (Lipinski definition) is 4. The number of nitrogens with zero attached hydrogens (tertiary/aromatic N) is 2. The van der Waals surface area contributed by atoms with Crippen LogP contribution in [0.4, 0.5) is 10.5 Å². The minimum atomic E-state index is -0.113. The van der Waals surface area contributed by atoms with Crippen LogP contribution in [0, 0.1) is 0 Å². The largest absolute Gasteiger partial charge is 0.378 e. The second-order valence-electron chi connectivity index (χ2n) is 4.87. The predicted octanol–water partition coefficient (Wildman–Crippen LogP) is 1.54. The van der Waals surface area contributed by atoms with E-state index in [9.17, 15) is 9.59 Å². The van der Waals surface area contributed by atoms with Crippen LogP contribution in [-0.2, 0) is 11.3 Å². The van der Waals surface area contributed by atoms with E-state index in [1.54, 1.807) is 4.90 Å². The lowest BCUT2D eigenvalue weighted by Crippen LogP contribution is -2.36. The van der Waals surface area contributed by atoms with Crippen molar-refractivity contribution < 1.29 is 9.59 Å². The molecule has 1 heterocycles. The number of benzene rings is 1. The van der Waals surface area contributed by atoms with E-state index < -0.39 is 0 Å². The van der Waals surface area contributed by atoms with E-state index in [-0.39, 0.29) is 17.7 Å². The van der Waals surface area contributed by atoms with Gasteiger partial charge in [0.1, 0.15) is 6.54 Å². The zero-order chi connectivity index (χ0) is 14.5. The van der Waals surface area contributed by atoms with Gasteiger partial charge in [-0.2, -0.15) is 0 Å². The molecule has 1 N–H and O–H groups in total. The van der Waals surface area contributed by atoms with Gasteiger partial charge in [-0.1, -0.05) is 23.9 Å². The van der Waals surface area contributed by atoms with Crippen LogP contribution >= 0.6 is 11.8 Å². The summed E-state index contributed by atoms with van der Waals surface area (Å²) in [6.07, 6.45) is 0. The highest BCUT2D eigenvalue weighted by Crippen LogP contribution is 2.16. The Morgan fingerprint density at radius 2 is 2.05 bits per heavy atom. The summed E-state index contributed by atoms with van der Waals surface area (Å²) in [6.45, 7) is 1.30. The molecule has 0 radical (unpaired) electrons. The van der Waals surface area contributed by atoms with E-state index in [0.717, 1.165) is 17.0 Å². The van der Waals surface area contributed by atoms with Crippen LogP contribution in [0.5, 0.6) is 0 Å². The molecule has 1 aliphatic heterocycles. The van der Waals surface area contributed by atoms with Crippen LogP contribution in [0.3, 0.4) is 0 Å². The van der Waals surface area contributed by atoms with Crippen LogP contribution in [-0.4, -0.2) is 49.0 Å². The van der Waals surface area contributed by atoms with Gasteiger partial charge in [-0.05, 0) is 17.7 Å². The normalized spacial score (nSPS) is 14.5. The second kappa shape index (κ2) is 6.65. The Morgan fingerprint density at radius 1 is 1.35 bits per heavy atom. The average molecular weight is 293 g/mol. The molecule has 1 saturated heterocycles. The molecule has 5 nitrogen and oxygen atoms in total. The van der Waals surface area contributed by atoms with Crippen LogP contribution in [0.1, 0.15) is 5.56 Å². The molecular formula is C14H19N3O2S. The lowest BCUT2D eigenvalue weighted by atomic mass is 10.2. The van der Waals surface area contributed by atoms with Gasteiger partial charge in [0.2, 0.25) is 5.91 Å². The fourth-order valence-corrected chi connectivity index (χ4v) is 2.74. The molecule has 0 aromatic heterocycles. The number of thioether (sulfide) groups is 1. The highest BCUT2D eigenvalue weighted by molar-refractivity contribution is 8.13. The molecule has 0 atom stereocenters. The molecule has 0 spiro atoms. The third-order valence-electron chi connectivity index (χ3n) is 3.12. The number of carbonyl (C=O) groups is 2. The molecular weight excluding hydrogens is 274 g/mol. The fourth-order valence-electron chi connectivity index (χ4n) is 1.91. The van der Waals surface area contributed by atoms with Crippen molar-refractivity contribution in [3.8, 4) is 0 Å². The van der Waals surface area contributed by atoms with Gasteiger partial charge in [-0.3, -0.25) is 9.59 Å². The summed E-state index contributed by atoms with van der Waals surface area (Å²) in [5.41, 5.74) is 2.17. The number of carbonyl (C=O) groups excluding carboxylic acids is 2. The monoisotopic (exact) mass is 293 g/mol. The van der Waals surface area contributed by atoms with Crippen molar-refractivity contribution in [2.45, 2.75) is 6.54 Å². The van der Waals surface area contributed by atoms with Crippen LogP contribution < -0.4 is 10.2 Å². The molecule has 0 unspecified atom stereocenters. The summed E-state index contributed by atoms with van der Waals surface area (Å²) in [4.78, 5) is 26.8. The lowest BCUT2D eigenvalue weighted by molar-refractivity contribution is -0.121. The molecule has 1 aliphatic rings. The Hall–Kier alpha value is -1.69. The molecule has 108 valence electrons. The minimum absolute atomic E-state index is 0.00418. The average Bonchev–Trinajstić information content (AvgIpc) is 2.82. The topological polar surface area (TPSA) is 52.7 Å². The Bertz CT molecular complexity index is 488. The second-order valence-corrected chi connectivity index (χ2v) is 5.92. The molecule has 1 fully saturated rings. The first kappa shape index (κ1) is 14.7. The van der Waals surface area contributed by atoms with Gasteiger partial charge in [0.15, 0.2) is 0 Å². The lowest BCUT2D eigenvalue weighted by Gasteiger charge is -2.15. The molecule has 2 amide bonds. The van der Waals surface area contributed by atoms with Crippen molar-refractivity contribution in [2.75, 3.05) is 37.8 Å². The van der Waals surface area contributed by atoms with Gasteiger partial charge in [-0.25, -0.2) is 0 Å². The van der Waals surface area contributed by atoms with Gasteiger partial charge in [-0.15, -0.1) is 0 Å². The predicted molar refractivity (Wildman–Crippen MR) is 82.0 cm³/mol. The van der Waals surface area contributed by atoms with Crippen molar-refractivity contribution in [3.63, 3.8) is 0 Å². The zero-order valence-electron chi connectivity index (χ0n) is 11.8. The Labute approximate surface area is 123 Å². The van der Waals surface area contributed by atoms with E-state index in [1.165, 1.54) is 11.8 Å². The molecule has 0 saturated carbocycles. The first-order chi connectivity index (χ1) is 9.56. The summed E-state index contributed by atoms with van der Waals surface area (Å²) < 4.78 is 0. The summed E-state index contributed by atoms with van der Waals surface area (Å²) in [5, 5.41) is 2.84. The molecule has 0 bridgehead atoms. The van der Waals surface area contributed by atoms with E-state index in [2.05, 4.69) is 5.32 Å². The number of rotatable bonds is 5. The maximum atomic E-state index is 11.8. The summed E-state index contributed by atoms with van der Waals surface area (Å²) >= 11 is 1.27. The maximum absolute atomic E-state index is 11.8. The van der Waals surface area contributed by atoms with Crippen LogP contribution in [0.2, 0.25) is 0 Å². The van der Waals surface area contributed by atoms with Crippen molar-refractivity contribution in [3.05, 3.63) is 29.8 Å².